The summed E-state index contributed by atoms with van der Waals surface area (Å²) in [6.45, 7) is 0. The van der Waals surface area contributed by atoms with Crippen molar-refractivity contribution in [2.75, 3.05) is 0 Å². The molecule has 2 aromatic carbocycles. The number of rotatable bonds is 4. The lowest BCUT2D eigenvalue weighted by Crippen LogP contribution is -2.19. The molecule has 2 aliphatic rings. The highest BCUT2D eigenvalue weighted by molar-refractivity contribution is 5.26. The minimum Gasteiger partial charge on any atom is -0.490 e. The minimum absolute atomic E-state index is 0.00972. The van der Waals surface area contributed by atoms with Gasteiger partial charge in [0.25, 0.3) is 0 Å². The third-order valence-electron chi connectivity index (χ3n) is 5.37. The first-order valence-electron chi connectivity index (χ1n) is 10.3. The van der Waals surface area contributed by atoms with E-state index in [-0.39, 0.29) is 35.8 Å². The lowest BCUT2D eigenvalue weighted by molar-refractivity contribution is 0.205. The van der Waals surface area contributed by atoms with Crippen LogP contribution in [0, 0.1) is 34.9 Å². The fourth-order valence-electron chi connectivity index (χ4n) is 3.75. The van der Waals surface area contributed by atoms with E-state index in [0.717, 1.165) is 49.9 Å². The predicted molar refractivity (Wildman–Crippen MR) is 105 cm³/mol. The van der Waals surface area contributed by atoms with Gasteiger partial charge in [0.1, 0.15) is 23.7 Å². The fraction of sp³-hybridized carbons (Fsp3) is 0.455. The molecular weight excluding hydrogens is 438 g/mol. The lowest BCUT2D eigenvalue weighted by Gasteiger charge is -2.13. The summed E-state index contributed by atoms with van der Waals surface area (Å²) in [4.78, 5) is 0. The van der Waals surface area contributed by atoms with Crippen molar-refractivity contribution in [2.24, 2.45) is 11.5 Å². The molecule has 4 N–H and O–H groups in total. The van der Waals surface area contributed by atoms with E-state index >= 15 is 0 Å². The predicted octanol–water partition coefficient (Wildman–Crippen LogP) is 4.73. The highest BCUT2D eigenvalue weighted by atomic mass is 19.2. The molecule has 0 radical (unpaired) electrons. The Morgan fingerprint density at radius 1 is 0.562 bits per heavy atom. The topological polar surface area (TPSA) is 70.5 Å². The molecule has 32 heavy (non-hydrogen) atoms. The van der Waals surface area contributed by atoms with Gasteiger partial charge < -0.3 is 20.9 Å². The summed E-state index contributed by atoms with van der Waals surface area (Å²) >= 11 is 0. The van der Waals surface area contributed by atoms with Gasteiger partial charge in [-0.15, -0.1) is 0 Å². The van der Waals surface area contributed by atoms with Crippen LogP contribution in [0.15, 0.2) is 24.3 Å². The SMILES string of the molecule is N[C@@H]1CC[C@H](Oc2cc(F)c(F)c(F)c2)C1.N[C@H]1CC[C@@H](Oc2cc(F)c(F)c(F)c2)C1. The third kappa shape index (κ3) is 6.29. The fourth-order valence-corrected chi connectivity index (χ4v) is 3.75. The summed E-state index contributed by atoms with van der Waals surface area (Å²) in [6, 6.07) is 3.54. The van der Waals surface area contributed by atoms with Crippen LogP contribution in [0.4, 0.5) is 26.3 Å². The van der Waals surface area contributed by atoms with Crippen molar-refractivity contribution in [3.05, 3.63) is 59.2 Å². The Morgan fingerprint density at radius 2 is 0.875 bits per heavy atom. The molecule has 2 saturated carbocycles. The van der Waals surface area contributed by atoms with Gasteiger partial charge >= 0.3 is 0 Å². The maximum Gasteiger partial charge on any atom is 0.194 e. The molecule has 0 heterocycles. The van der Waals surface area contributed by atoms with Crippen LogP contribution in [0.1, 0.15) is 38.5 Å². The number of hydrogen-bond acceptors (Lipinski definition) is 4. The standard InChI is InChI=1S/2C11H12F3NO/c2*12-9-4-8(5-10(13)11(9)14)16-7-2-1-6(15)3-7/h2*4-7H,1-3,15H2/t2*6-,7+/m10/s1. The van der Waals surface area contributed by atoms with Gasteiger partial charge in [0.05, 0.1) is 0 Å². The van der Waals surface area contributed by atoms with Crippen LogP contribution in [0.5, 0.6) is 11.5 Å². The Labute approximate surface area is 181 Å². The van der Waals surface area contributed by atoms with Gasteiger partial charge in [0, 0.05) is 36.3 Å². The van der Waals surface area contributed by atoms with Crippen LogP contribution in [-0.2, 0) is 0 Å². The number of hydrogen-bond donors (Lipinski definition) is 2. The van der Waals surface area contributed by atoms with Crippen molar-refractivity contribution in [1.29, 1.82) is 0 Å². The first-order valence-corrected chi connectivity index (χ1v) is 10.3. The molecule has 0 saturated heterocycles. The summed E-state index contributed by atoms with van der Waals surface area (Å²) < 4.78 is 87.5. The molecule has 2 aromatic rings. The highest BCUT2D eigenvalue weighted by Gasteiger charge is 2.25. The van der Waals surface area contributed by atoms with E-state index in [1.807, 2.05) is 0 Å². The zero-order valence-electron chi connectivity index (χ0n) is 17.1. The maximum absolute atomic E-state index is 12.9. The molecule has 10 heteroatoms. The Morgan fingerprint density at radius 3 is 1.12 bits per heavy atom. The quantitative estimate of drug-likeness (QED) is 0.510. The molecule has 0 aromatic heterocycles. The van der Waals surface area contributed by atoms with Crippen LogP contribution in [0.2, 0.25) is 0 Å². The van der Waals surface area contributed by atoms with E-state index in [2.05, 4.69) is 0 Å². The molecule has 4 rings (SSSR count). The van der Waals surface area contributed by atoms with Gasteiger partial charge in [0.15, 0.2) is 34.9 Å². The summed E-state index contributed by atoms with van der Waals surface area (Å²) in [5.41, 5.74) is 11.3. The number of benzene rings is 2. The van der Waals surface area contributed by atoms with Crippen LogP contribution >= 0.6 is 0 Å². The molecular formula is C22H24F6N2O2. The number of nitrogens with two attached hydrogens (primary N) is 2. The van der Waals surface area contributed by atoms with Crippen LogP contribution in [0.3, 0.4) is 0 Å². The Balaban J connectivity index is 0.000000181. The van der Waals surface area contributed by atoms with Crippen molar-refractivity contribution in [2.45, 2.75) is 62.8 Å². The van der Waals surface area contributed by atoms with Crippen molar-refractivity contribution in [3.8, 4) is 11.5 Å². The largest absolute Gasteiger partial charge is 0.490 e. The summed E-state index contributed by atoms with van der Waals surface area (Å²) in [6.07, 6.45) is 4.19. The zero-order valence-corrected chi connectivity index (χ0v) is 17.1. The molecule has 0 bridgehead atoms. The van der Waals surface area contributed by atoms with Crippen LogP contribution in [-0.4, -0.2) is 24.3 Å². The van der Waals surface area contributed by atoms with E-state index in [1.54, 1.807) is 0 Å². The normalized spacial score (nSPS) is 24.8. The zero-order chi connectivity index (χ0) is 23.4. The van der Waals surface area contributed by atoms with Gasteiger partial charge in [-0.2, -0.15) is 0 Å². The monoisotopic (exact) mass is 462 g/mol. The second kappa shape index (κ2) is 10.4. The molecule has 4 nitrogen and oxygen atoms in total. The van der Waals surface area contributed by atoms with Gasteiger partial charge in [-0.05, 0) is 38.5 Å². The maximum atomic E-state index is 12.9. The average molecular weight is 462 g/mol. The van der Waals surface area contributed by atoms with Gasteiger partial charge in [0.2, 0.25) is 0 Å². The molecule has 2 aliphatic carbocycles. The van der Waals surface area contributed by atoms with Gasteiger partial charge in [-0.1, -0.05) is 0 Å². The first kappa shape index (κ1) is 24.2. The second-order valence-corrected chi connectivity index (χ2v) is 8.03. The van der Waals surface area contributed by atoms with Crippen molar-refractivity contribution >= 4 is 0 Å². The summed E-state index contributed by atoms with van der Waals surface area (Å²) in [5.74, 6) is -7.89. The molecule has 0 unspecified atom stereocenters. The van der Waals surface area contributed by atoms with E-state index < -0.39 is 34.9 Å². The number of halogens is 6. The van der Waals surface area contributed by atoms with Crippen molar-refractivity contribution < 1.29 is 35.8 Å². The average Bonchev–Trinajstić information content (AvgIpc) is 3.32. The molecule has 0 spiro atoms. The molecule has 4 atom stereocenters. The van der Waals surface area contributed by atoms with Crippen LogP contribution < -0.4 is 20.9 Å². The van der Waals surface area contributed by atoms with Gasteiger partial charge in [-0.25, -0.2) is 26.3 Å². The van der Waals surface area contributed by atoms with E-state index in [0.29, 0.717) is 12.8 Å². The Bertz CT molecular complexity index is 823. The lowest BCUT2D eigenvalue weighted by atomic mass is 10.2. The Kier molecular flexibility index (Phi) is 7.89. The second-order valence-electron chi connectivity index (χ2n) is 8.03. The molecule has 0 amide bonds. The Hall–Kier alpha value is -2.46. The van der Waals surface area contributed by atoms with E-state index in [1.165, 1.54) is 0 Å². The minimum atomic E-state index is -1.48. The highest BCUT2D eigenvalue weighted by Crippen LogP contribution is 2.27. The number of ether oxygens (including phenoxy) is 2. The third-order valence-corrected chi connectivity index (χ3v) is 5.37. The molecule has 2 fully saturated rings. The molecule has 0 aliphatic heterocycles. The van der Waals surface area contributed by atoms with Crippen molar-refractivity contribution in [1.82, 2.24) is 0 Å². The summed E-state index contributed by atoms with van der Waals surface area (Å²) in [5, 5.41) is 0. The molecule has 176 valence electrons. The van der Waals surface area contributed by atoms with Crippen LogP contribution in [0.25, 0.3) is 0 Å². The van der Waals surface area contributed by atoms with Crippen molar-refractivity contribution in [3.63, 3.8) is 0 Å². The summed E-state index contributed by atoms with van der Waals surface area (Å²) in [7, 11) is 0. The first-order chi connectivity index (χ1) is 15.1. The van der Waals surface area contributed by atoms with E-state index in [9.17, 15) is 26.3 Å². The van der Waals surface area contributed by atoms with Gasteiger partial charge in [-0.3, -0.25) is 0 Å². The smallest absolute Gasteiger partial charge is 0.194 e. The van der Waals surface area contributed by atoms with E-state index in [4.69, 9.17) is 20.9 Å².